The van der Waals surface area contributed by atoms with E-state index < -0.39 is 5.91 Å². The van der Waals surface area contributed by atoms with Gasteiger partial charge in [-0.3, -0.25) is 4.79 Å². The van der Waals surface area contributed by atoms with Crippen LogP contribution < -0.4 is 10.1 Å². The number of hydrogen-bond donors (Lipinski definition) is 1. The van der Waals surface area contributed by atoms with Crippen molar-refractivity contribution < 1.29 is 13.9 Å². The highest BCUT2D eigenvalue weighted by atomic mass is 35.5. The van der Waals surface area contributed by atoms with Gasteiger partial charge in [0.15, 0.2) is 11.4 Å². The molecule has 1 aromatic heterocycles. The van der Waals surface area contributed by atoms with Crippen molar-refractivity contribution in [3.63, 3.8) is 0 Å². The predicted molar refractivity (Wildman–Crippen MR) is 94.1 cm³/mol. The Balaban J connectivity index is 1.89. The molecule has 1 N–H and O–H groups in total. The summed E-state index contributed by atoms with van der Waals surface area (Å²) in [6.07, 6.45) is 1.59. The number of benzene rings is 2. The number of hydrogen-bond acceptors (Lipinski definition) is 3. The fraction of sp³-hybridized carbons (Fsp3) is 0.111. The molecule has 2 aromatic carbocycles. The highest BCUT2D eigenvalue weighted by molar-refractivity contribution is 6.30. The quantitative estimate of drug-likeness (QED) is 0.738. The van der Waals surface area contributed by atoms with Crippen LogP contribution in [0.5, 0.6) is 5.75 Å². The third-order valence-electron chi connectivity index (χ3n) is 3.39. The first-order valence-electron chi connectivity index (χ1n) is 7.62. The second-order valence-corrected chi connectivity index (χ2v) is 5.59. The molecule has 0 saturated heterocycles. The highest BCUT2D eigenvalue weighted by Crippen LogP contribution is 2.22. The molecule has 0 saturated carbocycles. The van der Waals surface area contributed by atoms with Gasteiger partial charge >= 0.3 is 0 Å². The minimum atomic E-state index is -0.411. The summed E-state index contributed by atoms with van der Waals surface area (Å²) in [6, 6.07) is 12.5. The average Bonchev–Trinajstić information content (AvgIpc) is 3.02. The van der Waals surface area contributed by atoms with Crippen molar-refractivity contribution in [1.29, 1.82) is 0 Å². The van der Waals surface area contributed by atoms with E-state index in [1.807, 2.05) is 6.92 Å². The van der Waals surface area contributed by atoms with E-state index in [0.717, 1.165) is 0 Å². The Morgan fingerprint density at radius 1 is 1.20 bits per heavy atom. The second-order valence-electron chi connectivity index (χ2n) is 5.16. The summed E-state index contributed by atoms with van der Waals surface area (Å²) in [5.74, 6) is -0.411. The molecule has 0 aliphatic rings. The zero-order chi connectivity index (χ0) is 17.8. The van der Waals surface area contributed by atoms with Gasteiger partial charge in [0.05, 0.1) is 18.5 Å². The molecule has 0 radical (unpaired) electrons. The van der Waals surface area contributed by atoms with Crippen molar-refractivity contribution in [2.24, 2.45) is 0 Å². The van der Waals surface area contributed by atoms with Crippen LogP contribution in [0.4, 0.5) is 10.1 Å². The van der Waals surface area contributed by atoms with Crippen LogP contribution >= 0.6 is 11.6 Å². The molecule has 3 aromatic rings. The first-order valence-corrected chi connectivity index (χ1v) is 8.00. The molecule has 0 atom stereocenters. The second kappa shape index (κ2) is 7.36. The molecule has 25 heavy (non-hydrogen) atoms. The fourth-order valence-electron chi connectivity index (χ4n) is 2.23. The van der Waals surface area contributed by atoms with Gasteiger partial charge < -0.3 is 10.1 Å². The summed E-state index contributed by atoms with van der Waals surface area (Å²) in [7, 11) is 0. The normalized spacial score (nSPS) is 10.5. The minimum Gasteiger partial charge on any atom is -0.490 e. The average molecular weight is 360 g/mol. The van der Waals surface area contributed by atoms with Crippen LogP contribution in [0.3, 0.4) is 0 Å². The Hall–Kier alpha value is -2.86. The van der Waals surface area contributed by atoms with Gasteiger partial charge in [0, 0.05) is 10.7 Å². The van der Waals surface area contributed by atoms with Gasteiger partial charge in [0.1, 0.15) is 5.82 Å². The molecule has 0 spiro atoms. The Morgan fingerprint density at radius 3 is 2.52 bits per heavy atom. The zero-order valence-electron chi connectivity index (χ0n) is 13.4. The van der Waals surface area contributed by atoms with E-state index in [1.165, 1.54) is 16.8 Å². The SMILES string of the molecule is CCOc1cn(-c2ccc(F)cc2)nc1C(=O)Nc1ccc(Cl)cc1. The molecule has 0 fully saturated rings. The molecule has 0 bridgehead atoms. The lowest BCUT2D eigenvalue weighted by Crippen LogP contribution is -2.14. The zero-order valence-corrected chi connectivity index (χ0v) is 14.1. The molecule has 0 aliphatic carbocycles. The standard InChI is InChI=1S/C18H15ClFN3O2/c1-2-25-16-11-23(15-9-5-13(20)6-10-15)22-17(16)18(24)21-14-7-3-12(19)4-8-14/h3-11H,2H2,1H3,(H,21,24). The highest BCUT2D eigenvalue weighted by Gasteiger charge is 2.19. The largest absolute Gasteiger partial charge is 0.490 e. The molecule has 128 valence electrons. The van der Waals surface area contributed by atoms with E-state index in [-0.39, 0.29) is 11.5 Å². The molecule has 7 heteroatoms. The van der Waals surface area contributed by atoms with Crippen molar-refractivity contribution >= 4 is 23.2 Å². The number of nitrogens with zero attached hydrogens (tertiary/aromatic N) is 2. The molecular weight excluding hydrogens is 345 g/mol. The van der Waals surface area contributed by atoms with Crippen LogP contribution in [0.25, 0.3) is 5.69 Å². The summed E-state index contributed by atoms with van der Waals surface area (Å²) >= 11 is 5.84. The van der Waals surface area contributed by atoms with Crippen molar-refractivity contribution in [2.75, 3.05) is 11.9 Å². The lowest BCUT2D eigenvalue weighted by Gasteiger charge is -2.05. The van der Waals surface area contributed by atoms with E-state index in [4.69, 9.17) is 16.3 Å². The number of carbonyl (C=O) groups excluding carboxylic acids is 1. The first kappa shape index (κ1) is 17.0. The number of carbonyl (C=O) groups is 1. The predicted octanol–water partition coefficient (Wildman–Crippen LogP) is 4.32. The molecule has 1 heterocycles. The van der Waals surface area contributed by atoms with E-state index in [0.29, 0.717) is 28.8 Å². The maximum absolute atomic E-state index is 13.1. The van der Waals surface area contributed by atoms with Crippen molar-refractivity contribution in [3.05, 3.63) is 71.3 Å². The van der Waals surface area contributed by atoms with Gasteiger partial charge in [-0.2, -0.15) is 5.10 Å². The van der Waals surface area contributed by atoms with Crippen LogP contribution in [0.15, 0.2) is 54.7 Å². The van der Waals surface area contributed by atoms with E-state index in [9.17, 15) is 9.18 Å². The molecule has 3 rings (SSSR count). The molecule has 0 aliphatic heterocycles. The first-order chi connectivity index (χ1) is 12.1. The van der Waals surface area contributed by atoms with Gasteiger partial charge in [-0.1, -0.05) is 11.6 Å². The fourth-order valence-corrected chi connectivity index (χ4v) is 2.35. The maximum Gasteiger partial charge on any atom is 0.280 e. The number of nitrogens with one attached hydrogen (secondary N) is 1. The summed E-state index contributed by atoms with van der Waals surface area (Å²) in [4.78, 5) is 12.5. The van der Waals surface area contributed by atoms with Crippen molar-refractivity contribution in [3.8, 4) is 11.4 Å². The third-order valence-corrected chi connectivity index (χ3v) is 3.64. The molecule has 0 unspecified atom stereocenters. The monoisotopic (exact) mass is 359 g/mol. The number of halogens is 2. The maximum atomic E-state index is 13.1. The minimum absolute atomic E-state index is 0.140. The third kappa shape index (κ3) is 3.97. The Kier molecular flexibility index (Phi) is 5.00. The Morgan fingerprint density at radius 2 is 1.88 bits per heavy atom. The van der Waals surface area contributed by atoms with Crippen LogP contribution in [0.1, 0.15) is 17.4 Å². The molecule has 5 nitrogen and oxygen atoms in total. The van der Waals surface area contributed by atoms with Crippen LogP contribution in [0.2, 0.25) is 5.02 Å². The van der Waals surface area contributed by atoms with Gasteiger partial charge in [-0.25, -0.2) is 9.07 Å². The van der Waals surface area contributed by atoms with Gasteiger partial charge in [-0.05, 0) is 55.5 Å². The molecule has 1 amide bonds. The van der Waals surface area contributed by atoms with Crippen LogP contribution in [-0.2, 0) is 0 Å². The van der Waals surface area contributed by atoms with Gasteiger partial charge in [0.2, 0.25) is 0 Å². The summed E-state index contributed by atoms with van der Waals surface area (Å²) < 4.78 is 20.1. The summed E-state index contributed by atoms with van der Waals surface area (Å²) in [5, 5.41) is 7.60. The summed E-state index contributed by atoms with van der Waals surface area (Å²) in [6.45, 7) is 2.20. The Labute approximate surface area is 149 Å². The topological polar surface area (TPSA) is 56.2 Å². The van der Waals surface area contributed by atoms with Gasteiger partial charge in [0.25, 0.3) is 5.91 Å². The van der Waals surface area contributed by atoms with Crippen molar-refractivity contribution in [2.45, 2.75) is 6.92 Å². The lowest BCUT2D eigenvalue weighted by molar-refractivity contribution is 0.101. The Bertz CT molecular complexity index is 876. The summed E-state index contributed by atoms with van der Waals surface area (Å²) in [5.41, 5.74) is 1.35. The van der Waals surface area contributed by atoms with E-state index in [2.05, 4.69) is 10.4 Å². The molecular formula is C18H15ClFN3O2. The number of aromatic nitrogens is 2. The smallest absolute Gasteiger partial charge is 0.280 e. The van der Waals surface area contributed by atoms with Crippen LogP contribution in [0, 0.1) is 5.82 Å². The van der Waals surface area contributed by atoms with E-state index >= 15 is 0 Å². The number of ether oxygens (including phenoxy) is 1. The number of anilines is 1. The van der Waals surface area contributed by atoms with E-state index in [1.54, 1.807) is 42.6 Å². The number of amides is 1. The van der Waals surface area contributed by atoms with Crippen molar-refractivity contribution in [1.82, 2.24) is 9.78 Å². The lowest BCUT2D eigenvalue weighted by atomic mass is 10.3. The van der Waals surface area contributed by atoms with Crippen LogP contribution in [-0.4, -0.2) is 22.3 Å². The number of rotatable bonds is 5. The van der Waals surface area contributed by atoms with Gasteiger partial charge in [-0.15, -0.1) is 0 Å².